The molecule has 0 spiro atoms. The van der Waals surface area contributed by atoms with Crippen molar-refractivity contribution in [2.75, 3.05) is 25.0 Å². The van der Waals surface area contributed by atoms with Crippen molar-refractivity contribution in [1.82, 2.24) is 15.1 Å². The van der Waals surface area contributed by atoms with Gasteiger partial charge in [0.05, 0.1) is 5.69 Å². The van der Waals surface area contributed by atoms with E-state index in [4.69, 9.17) is 0 Å². The fourth-order valence-electron chi connectivity index (χ4n) is 1.92. The van der Waals surface area contributed by atoms with Crippen LogP contribution in [-0.4, -0.2) is 29.4 Å². The lowest BCUT2D eigenvalue weighted by atomic mass is 9.89. The Morgan fingerprint density at radius 1 is 1.67 bits per heavy atom. The Morgan fingerprint density at radius 2 is 2.40 bits per heavy atom. The lowest BCUT2D eigenvalue weighted by Crippen LogP contribution is -2.47. The van der Waals surface area contributed by atoms with E-state index in [1.165, 1.54) is 13.1 Å². The van der Waals surface area contributed by atoms with Gasteiger partial charge in [0, 0.05) is 19.7 Å². The minimum Gasteiger partial charge on any atom is -0.370 e. The molecule has 1 unspecified atom stereocenters. The summed E-state index contributed by atoms with van der Waals surface area (Å²) in [7, 11) is 1.98. The highest BCUT2D eigenvalue weighted by molar-refractivity contribution is 5.36. The van der Waals surface area contributed by atoms with E-state index in [0.29, 0.717) is 0 Å². The second-order valence-electron chi connectivity index (χ2n) is 4.57. The second-order valence-corrected chi connectivity index (χ2v) is 4.57. The summed E-state index contributed by atoms with van der Waals surface area (Å²) in [5.74, 6) is 2.68. The highest BCUT2D eigenvalue weighted by atomic mass is 15.3. The molecule has 1 saturated heterocycles. The lowest BCUT2D eigenvalue weighted by Gasteiger charge is -2.32. The predicted molar refractivity (Wildman–Crippen MR) is 62.0 cm³/mol. The zero-order valence-electron chi connectivity index (χ0n) is 9.75. The maximum atomic E-state index is 4.31. The molecule has 4 heteroatoms. The van der Waals surface area contributed by atoms with Gasteiger partial charge in [-0.05, 0) is 31.8 Å². The molecular weight excluding hydrogens is 188 g/mol. The van der Waals surface area contributed by atoms with Crippen LogP contribution in [0.25, 0.3) is 0 Å². The average molecular weight is 208 g/mol. The number of hydrogen-bond acceptors (Lipinski definition) is 3. The molecule has 1 fully saturated rings. The molecule has 1 aromatic heterocycles. The van der Waals surface area contributed by atoms with Crippen LogP contribution in [0.3, 0.4) is 0 Å². The standard InChI is InChI=1S/C11H20N4/c1-8(10-6-12-7-10)5-13-11-4-9(2)14-15(11)3/h4,8,10,12-13H,5-7H2,1-3H3. The minimum atomic E-state index is 0.724. The third kappa shape index (κ3) is 2.31. The van der Waals surface area contributed by atoms with E-state index in [1.807, 2.05) is 18.7 Å². The number of anilines is 1. The molecule has 1 atom stereocenters. The van der Waals surface area contributed by atoms with E-state index in [9.17, 15) is 0 Å². The van der Waals surface area contributed by atoms with Gasteiger partial charge >= 0.3 is 0 Å². The molecule has 0 radical (unpaired) electrons. The molecule has 0 aliphatic carbocycles. The largest absolute Gasteiger partial charge is 0.370 e. The smallest absolute Gasteiger partial charge is 0.124 e. The van der Waals surface area contributed by atoms with Crippen LogP contribution < -0.4 is 10.6 Å². The second kappa shape index (κ2) is 4.23. The van der Waals surface area contributed by atoms with E-state index in [-0.39, 0.29) is 0 Å². The van der Waals surface area contributed by atoms with Gasteiger partial charge in [-0.3, -0.25) is 4.68 Å². The quantitative estimate of drug-likeness (QED) is 0.775. The van der Waals surface area contributed by atoms with Gasteiger partial charge in [0.15, 0.2) is 0 Å². The maximum absolute atomic E-state index is 4.31. The average Bonchev–Trinajstić information content (AvgIpc) is 2.38. The molecule has 4 nitrogen and oxygen atoms in total. The molecule has 84 valence electrons. The van der Waals surface area contributed by atoms with Crippen LogP contribution in [0.5, 0.6) is 0 Å². The van der Waals surface area contributed by atoms with Gasteiger partial charge in [0.1, 0.15) is 5.82 Å². The fourth-order valence-corrected chi connectivity index (χ4v) is 1.92. The fraction of sp³-hybridized carbons (Fsp3) is 0.727. The SMILES string of the molecule is Cc1cc(NCC(C)C2CNC2)n(C)n1. The van der Waals surface area contributed by atoms with Gasteiger partial charge in [-0.1, -0.05) is 6.92 Å². The first-order valence-electron chi connectivity index (χ1n) is 5.62. The van der Waals surface area contributed by atoms with Gasteiger partial charge in [-0.2, -0.15) is 5.10 Å². The first-order chi connectivity index (χ1) is 7.16. The number of hydrogen-bond donors (Lipinski definition) is 2. The summed E-state index contributed by atoms with van der Waals surface area (Å²) >= 11 is 0. The van der Waals surface area contributed by atoms with Crippen LogP contribution in [0.2, 0.25) is 0 Å². The van der Waals surface area contributed by atoms with Crippen molar-refractivity contribution >= 4 is 5.82 Å². The molecular formula is C11H20N4. The van der Waals surface area contributed by atoms with Crippen LogP contribution in [0.1, 0.15) is 12.6 Å². The highest BCUT2D eigenvalue weighted by Gasteiger charge is 2.23. The number of nitrogens with one attached hydrogen (secondary N) is 2. The van der Waals surface area contributed by atoms with Crippen molar-refractivity contribution in [3.8, 4) is 0 Å². The van der Waals surface area contributed by atoms with E-state index < -0.39 is 0 Å². The molecule has 0 aromatic carbocycles. The van der Waals surface area contributed by atoms with Crippen molar-refractivity contribution < 1.29 is 0 Å². The first-order valence-corrected chi connectivity index (χ1v) is 5.62. The third-order valence-electron chi connectivity index (χ3n) is 3.22. The summed E-state index contributed by atoms with van der Waals surface area (Å²) in [5, 5.41) is 11.1. The Kier molecular flexibility index (Phi) is 2.95. The Labute approximate surface area is 91.1 Å². The van der Waals surface area contributed by atoms with Gasteiger partial charge < -0.3 is 10.6 Å². The monoisotopic (exact) mass is 208 g/mol. The Balaban J connectivity index is 1.84. The van der Waals surface area contributed by atoms with Crippen LogP contribution in [0.4, 0.5) is 5.82 Å². The highest BCUT2D eigenvalue weighted by Crippen LogP contribution is 2.17. The zero-order valence-corrected chi connectivity index (χ0v) is 9.75. The Hall–Kier alpha value is -1.03. The van der Waals surface area contributed by atoms with E-state index >= 15 is 0 Å². The van der Waals surface area contributed by atoms with Crippen LogP contribution in [0.15, 0.2) is 6.07 Å². The van der Waals surface area contributed by atoms with Gasteiger partial charge in [-0.15, -0.1) is 0 Å². The molecule has 15 heavy (non-hydrogen) atoms. The number of rotatable bonds is 4. The van der Waals surface area contributed by atoms with E-state index in [0.717, 1.165) is 29.9 Å². The van der Waals surface area contributed by atoms with Gasteiger partial charge in [0.2, 0.25) is 0 Å². The van der Waals surface area contributed by atoms with Gasteiger partial charge in [-0.25, -0.2) is 0 Å². The molecule has 1 aliphatic heterocycles. The number of aromatic nitrogens is 2. The van der Waals surface area contributed by atoms with Crippen molar-refractivity contribution in [3.05, 3.63) is 11.8 Å². The van der Waals surface area contributed by atoms with Crippen molar-refractivity contribution in [2.24, 2.45) is 18.9 Å². The van der Waals surface area contributed by atoms with Crippen molar-refractivity contribution in [3.63, 3.8) is 0 Å². The van der Waals surface area contributed by atoms with Crippen LogP contribution in [0, 0.1) is 18.8 Å². The van der Waals surface area contributed by atoms with E-state index in [2.05, 4.69) is 28.7 Å². The first kappa shape index (κ1) is 10.5. The third-order valence-corrected chi connectivity index (χ3v) is 3.22. The number of aryl methyl sites for hydroxylation is 2. The summed E-state index contributed by atoms with van der Waals surface area (Å²) in [6.45, 7) is 7.71. The Morgan fingerprint density at radius 3 is 2.87 bits per heavy atom. The molecule has 1 aromatic rings. The zero-order chi connectivity index (χ0) is 10.8. The van der Waals surface area contributed by atoms with Crippen LogP contribution in [-0.2, 0) is 7.05 Å². The summed E-state index contributed by atoms with van der Waals surface area (Å²) in [6.07, 6.45) is 0. The molecule has 2 rings (SSSR count). The topological polar surface area (TPSA) is 41.9 Å². The van der Waals surface area contributed by atoms with Crippen molar-refractivity contribution in [2.45, 2.75) is 13.8 Å². The summed E-state index contributed by atoms with van der Waals surface area (Å²) in [4.78, 5) is 0. The summed E-state index contributed by atoms with van der Waals surface area (Å²) in [5.41, 5.74) is 1.07. The maximum Gasteiger partial charge on any atom is 0.124 e. The number of nitrogens with zero attached hydrogens (tertiary/aromatic N) is 2. The van der Waals surface area contributed by atoms with E-state index in [1.54, 1.807) is 0 Å². The predicted octanol–water partition coefficient (Wildman–Crippen LogP) is 0.996. The molecule has 0 bridgehead atoms. The Bertz CT molecular complexity index is 327. The molecule has 0 amide bonds. The van der Waals surface area contributed by atoms with Crippen LogP contribution >= 0.6 is 0 Å². The molecule has 2 heterocycles. The normalized spacial score (nSPS) is 18.6. The van der Waals surface area contributed by atoms with Gasteiger partial charge in [0.25, 0.3) is 0 Å². The minimum absolute atomic E-state index is 0.724. The lowest BCUT2D eigenvalue weighted by molar-refractivity contribution is 0.258. The molecule has 2 N–H and O–H groups in total. The molecule has 1 aliphatic rings. The van der Waals surface area contributed by atoms with Crippen molar-refractivity contribution in [1.29, 1.82) is 0 Å². The summed E-state index contributed by atoms with van der Waals surface area (Å²) in [6, 6.07) is 2.09. The summed E-state index contributed by atoms with van der Waals surface area (Å²) < 4.78 is 1.90. The molecule has 0 saturated carbocycles.